The minimum atomic E-state index is -0.787. The van der Waals surface area contributed by atoms with Crippen LogP contribution in [-0.2, 0) is 14.3 Å². The highest BCUT2D eigenvalue weighted by Gasteiger charge is 2.24. The third-order valence-electron chi connectivity index (χ3n) is 2.75. The van der Waals surface area contributed by atoms with Gasteiger partial charge in [-0.15, -0.1) is 0 Å². The van der Waals surface area contributed by atoms with E-state index in [-0.39, 0.29) is 18.6 Å². The molecule has 1 aromatic carbocycles. The average molecular weight is 298 g/mol. The monoisotopic (exact) mass is 297 g/mol. The van der Waals surface area contributed by atoms with Gasteiger partial charge in [0.05, 0.1) is 0 Å². The number of hydrogen-bond donors (Lipinski definition) is 1. The first-order valence-electron chi connectivity index (χ1n) is 6.43. The molecule has 0 spiro atoms. The maximum Gasteiger partial charge on any atom is 0.347 e. The smallest absolute Gasteiger partial charge is 0.347 e. The topological polar surface area (TPSA) is 64.6 Å². The van der Waals surface area contributed by atoms with Gasteiger partial charge in [-0.25, -0.2) is 4.79 Å². The molecule has 0 saturated heterocycles. The fourth-order valence-electron chi connectivity index (χ4n) is 1.52. The van der Waals surface area contributed by atoms with Gasteiger partial charge in [0.1, 0.15) is 5.75 Å². The Morgan fingerprint density at radius 2 is 2.00 bits per heavy atom. The molecule has 20 heavy (non-hydrogen) atoms. The van der Waals surface area contributed by atoms with Crippen molar-refractivity contribution in [3.8, 4) is 5.75 Å². The minimum Gasteiger partial charge on any atom is -0.479 e. The van der Waals surface area contributed by atoms with Crippen molar-refractivity contribution in [1.29, 1.82) is 0 Å². The Balaban J connectivity index is 1.73. The van der Waals surface area contributed by atoms with Crippen LogP contribution in [0.15, 0.2) is 24.3 Å². The van der Waals surface area contributed by atoms with Gasteiger partial charge in [0.15, 0.2) is 12.7 Å². The summed E-state index contributed by atoms with van der Waals surface area (Å²) < 4.78 is 10.3. The lowest BCUT2D eigenvalue weighted by Gasteiger charge is -2.13. The third-order valence-corrected chi connectivity index (χ3v) is 3.00. The third kappa shape index (κ3) is 4.74. The predicted molar refractivity (Wildman–Crippen MR) is 73.7 cm³/mol. The van der Waals surface area contributed by atoms with Crippen LogP contribution in [0, 0.1) is 0 Å². The van der Waals surface area contributed by atoms with E-state index in [4.69, 9.17) is 21.1 Å². The maximum atomic E-state index is 11.7. The van der Waals surface area contributed by atoms with Crippen LogP contribution in [0.2, 0.25) is 5.02 Å². The highest BCUT2D eigenvalue weighted by molar-refractivity contribution is 6.30. The van der Waals surface area contributed by atoms with Gasteiger partial charge in [0.25, 0.3) is 5.91 Å². The molecule has 0 aromatic heterocycles. The van der Waals surface area contributed by atoms with Crippen LogP contribution in [-0.4, -0.2) is 30.6 Å². The minimum absolute atomic E-state index is 0.254. The van der Waals surface area contributed by atoms with E-state index in [1.54, 1.807) is 31.2 Å². The predicted octanol–water partition coefficient (Wildman–Crippen LogP) is 1.93. The van der Waals surface area contributed by atoms with E-state index in [0.29, 0.717) is 10.8 Å². The van der Waals surface area contributed by atoms with Crippen molar-refractivity contribution in [3.05, 3.63) is 29.3 Å². The zero-order valence-electron chi connectivity index (χ0n) is 11.1. The fraction of sp³-hybridized carbons (Fsp3) is 0.429. The molecular formula is C14H16ClNO4. The highest BCUT2D eigenvalue weighted by atomic mass is 35.5. The number of rotatable bonds is 6. The summed E-state index contributed by atoms with van der Waals surface area (Å²) in [7, 11) is 0. The lowest BCUT2D eigenvalue weighted by molar-refractivity contribution is -0.154. The van der Waals surface area contributed by atoms with E-state index in [1.807, 2.05) is 0 Å². The lowest BCUT2D eigenvalue weighted by atomic mass is 10.3. The molecule has 6 heteroatoms. The first kappa shape index (κ1) is 14.7. The standard InChI is InChI=1S/C14H16ClNO4/c1-9(20-12-6-2-10(15)3-7-12)14(18)19-8-13(17)16-11-4-5-11/h2-3,6-7,9,11H,4-5,8H2,1H3,(H,16,17)/t9-/m0/s1. The van der Waals surface area contributed by atoms with Crippen molar-refractivity contribution in [2.45, 2.75) is 31.9 Å². The van der Waals surface area contributed by atoms with E-state index in [1.165, 1.54) is 0 Å². The largest absolute Gasteiger partial charge is 0.479 e. The molecule has 2 rings (SSSR count). The first-order valence-corrected chi connectivity index (χ1v) is 6.80. The molecule has 1 amide bonds. The Hall–Kier alpha value is -1.75. The zero-order valence-corrected chi connectivity index (χ0v) is 11.9. The quantitative estimate of drug-likeness (QED) is 0.815. The summed E-state index contributed by atoms with van der Waals surface area (Å²) in [5, 5.41) is 3.32. The molecule has 0 radical (unpaired) electrons. The number of nitrogens with one attached hydrogen (secondary N) is 1. The second kappa shape index (κ2) is 6.61. The van der Waals surface area contributed by atoms with Gasteiger partial charge in [-0.05, 0) is 44.0 Å². The Labute approximate surface area is 122 Å². The number of carbonyl (C=O) groups excluding carboxylic acids is 2. The number of carbonyl (C=O) groups is 2. The zero-order chi connectivity index (χ0) is 14.5. The van der Waals surface area contributed by atoms with Crippen LogP contribution >= 0.6 is 11.6 Å². The SMILES string of the molecule is C[C@H](Oc1ccc(Cl)cc1)C(=O)OCC(=O)NC1CC1. The van der Waals surface area contributed by atoms with Crippen molar-refractivity contribution < 1.29 is 19.1 Å². The molecule has 5 nitrogen and oxygen atoms in total. The average Bonchev–Trinajstić information content (AvgIpc) is 3.22. The molecule has 108 valence electrons. The van der Waals surface area contributed by atoms with E-state index in [9.17, 15) is 9.59 Å². The van der Waals surface area contributed by atoms with Crippen LogP contribution in [0.4, 0.5) is 0 Å². The molecule has 1 atom stereocenters. The van der Waals surface area contributed by atoms with Gasteiger partial charge >= 0.3 is 5.97 Å². The summed E-state index contributed by atoms with van der Waals surface area (Å²) in [6.07, 6.45) is 1.20. The van der Waals surface area contributed by atoms with Gasteiger partial charge in [0.2, 0.25) is 0 Å². The van der Waals surface area contributed by atoms with E-state index >= 15 is 0 Å². The summed E-state index contributed by atoms with van der Waals surface area (Å²) in [5.74, 6) is -0.341. The normalized spacial score (nSPS) is 15.3. The Kier molecular flexibility index (Phi) is 4.84. The van der Waals surface area contributed by atoms with Crippen LogP contribution in [0.3, 0.4) is 0 Å². The first-order chi connectivity index (χ1) is 9.54. The number of amides is 1. The summed E-state index contributed by atoms with van der Waals surface area (Å²) in [4.78, 5) is 23.0. The molecule has 1 N–H and O–H groups in total. The van der Waals surface area contributed by atoms with Crippen molar-refractivity contribution >= 4 is 23.5 Å². The van der Waals surface area contributed by atoms with Crippen molar-refractivity contribution in [2.75, 3.05) is 6.61 Å². The highest BCUT2D eigenvalue weighted by Crippen LogP contribution is 2.18. The fourth-order valence-corrected chi connectivity index (χ4v) is 1.64. The van der Waals surface area contributed by atoms with Crippen molar-refractivity contribution in [1.82, 2.24) is 5.32 Å². The van der Waals surface area contributed by atoms with E-state index in [2.05, 4.69) is 5.32 Å². The number of hydrogen-bond acceptors (Lipinski definition) is 4. The summed E-state index contributed by atoms with van der Waals surface area (Å²) in [6, 6.07) is 6.90. The molecule has 0 aliphatic heterocycles. The number of benzene rings is 1. The molecule has 1 fully saturated rings. The van der Waals surface area contributed by atoms with Gasteiger partial charge in [0, 0.05) is 11.1 Å². The molecule has 0 unspecified atom stereocenters. The Morgan fingerprint density at radius 1 is 1.35 bits per heavy atom. The van der Waals surface area contributed by atoms with E-state index < -0.39 is 12.1 Å². The number of ether oxygens (including phenoxy) is 2. The molecule has 1 saturated carbocycles. The molecule has 1 aliphatic carbocycles. The van der Waals surface area contributed by atoms with Gasteiger partial charge < -0.3 is 14.8 Å². The molecule has 0 heterocycles. The lowest BCUT2D eigenvalue weighted by Crippen LogP contribution is -2.33. The Bertz CT molecular complexity index is 484. The van der Waals surface area contributed by atoms with Crippen LogP contribution < -0.4 is 10.1 Å². The van der Waals surface area contributed by atoms with Crippen LogP contribution in [0.1, 0.15) is 19.8 Å². The van der Waals surface area contributed by atoms with Crippen LogP contribution in [0.5, 0.6) is 5.75 Å². The molecule has 1 aliphatic rings. The maximum absolute atomic E-state index is 11.7. The van der Waals surface area contributed by atoms with Gasteiger partial charge in [-0.2, -0.15) is 0 Å². The molecule has 0 bridgehead atoms. The summed E-state index contributed by atoms with van der Waals surface area (Å²) in [5.41, 5.74) is 0. The van der Waals surface area contributed by atoms with Crippen LogP contribution in [0.25, 0.3) is 0 Å². The van der Waals surface area contributed by atoms with E-state index in [0.717, 1.165) is 12.8 Å². The molecule has 1 aromatic rings. The second-order valence-corrected chi connectivity index (χ2v) is 5.10. The number of esters is 1. The van der Waals surface area contributed by atoms with Crippen molar-refractivity contribution in [3.63, 3.8) is 0 Å². The summed E-state index contributed by atoms with van der Waals surface area (Å²) >= 11 is 5.75. The van der Waals surface area contributed by atoms with Gasteiger partial charge in [-0.3, -0.25) is 4.79 Å². The second-order valence-electron chi connectivity index (χ2n) is 4.66. The Morgan fingerprint density at radius 3 is 2.60 bits per heavy atom. The van der Waals surface area contributed by atoms with Crippen molar-refractivity contribution in [2.24, 2.45) is 0 Å². The number of halogens is 1. The van der Waals surface area contributed by atoms with Gasteiger partial charge in [-0.1, -0.05) is 11.6 Å². The molecular weight excluding hydrogens is 282 g/mol. The summed E-state index contributed by atoms with van der Waals surface area (Å²) in [6.45, 7) is 1.29.